The molecule has 0 N–H and O–H groups in total. The molecule has 8 nitrogen and oxygen atoms in total. The summed E-state index contributed by atoms with van der Waals surface area (Å²) in [4.78, 5) is 10.7. The molecule has 0 aliphatic carbocycles. The fraction of sp³-hybridized carbons (Fsp3) is 0.444. The smallest absolute Gasteiger partial charge is 0.262 e. The Morgan fingerprint density at radius 3 is 2.38 bits per heavy atom. The Hall–Kier alpha value is -2.90. The van der Waals surface area contributed by atoms with Crippen LogP contribution in [0.5, 0.6) is 0 Å². The third kappa shape index (κ3) is 2.53. The molecule has 26 heavy (non-hydrogen) atoms. The molecule has 0 saturated carbocycles. The van der Waals surface area contributed by atoms with E-state index in [1.54, 1.807) is 12.4 Å². The van der Waals surface area contributed by atoms with Gasteiger partial charge < -0.3 is 0 Å². The van der Waals surface area contributed by atoms with Gasteiger partial charge in [-0.15, -0.1) is 5.10 Å². The third-order valence-electron chi connectivity index (χ3n) is 4.19. The molecule has 0 aliphatic rings. The largest absolute Gasteiger partial charge is 0.370 e. The second kappa shape index (κ2) is 5.30. The third-order valence-corrected chi connectivity index (χ3v) is 4.19. The number of pyridine rings is 2. The van der Waals surface area contributed by atoms with Crippen molar-refractivity contribution in [3.63, 3.8) is 0 Å². The zero-order valence-electron chi connectivity index (χ0n) is 16.0. The van der Waals surface area contributed by atoms with E-state index < -0.39 is 0 Å². The zero-order chi connectivity index (χ0) is 18.7. The number of hydrogen-bond donors (Lipinski definition) is 0. The van der Waals surface area contributed by atoms with E-state index in [0.29, 0.717) is 0 Å². The summed E-state index contributed by atoms with van der Waals surface area (Å²) in [6, 6.07) is 3.90. The van der Waals surface area contributed by atoms with Gasteiger partial charge in [-0.25, -0.2) is 4.68 Å². The first kappa shape index (κ1) is 16.6. The van der Waals surface area contributed by atoms with Crippen LogP contribution >= 0.6 is 0 Å². The van der Waals surface area contributed by atoms with Gasteiger partial charge >= 0.3 is 5.82 Å². The van der Waals surface area contributed by atoms with Gasteiger partial charge in [-0.05, 0) is 57.4 Å². The van der Waals surface area contributed by atoms with Gasteiger partial charge in [0.1, 0.15) is 16.6 Å². The van der Waals surface area contributed by atoms with E-state index in [2.05, 4.69) is 66.5 Å². The summed E-state index contributed by atoms with van der Waals surface area (Å²) in [7, 11) is 0. The Morgan fingerprint density at radius 2 is 1.69 bits per heavy atom. The van der Waals surface area contributed by atoms with Crippen LogP contribution in [0.2, 0.25) is 0 Å². The Labute approximate surface area is 151 Å². The van der Waals surface area contributed by atoms with Crippen LogP contribution in [0.25, 0.3) is 27.9 Å². The number of rotatable bonds is 1. The molecule has 4 aromatic rings. The minimum atomic E-state index is -0.197. The first-order valence-corrected chi connectivity index (χ1v) is 8.64. The molecule has 0 saturated heterocycles. The molecule has 4 heterocycles. The van der Waals surface area contributed by atoms with Crippen molar-refractivity contribution < 1.29 is 4.80 Å². The van der Waals surface area contributed by atoms with E-state index in [4.69, 9.17) is 5.10 Å². The number of nitrogens with zero attached hydrogens (tertiary/aromatic N) is 8. The zero-order valence-corrected chi connectivity index (χ0v) is 16.0. The summed E-state index contributed by atoms with van der Waals surface area (Å²) in [5.41, 5.74) is 3.16. The van der Waals surface area contributed by atoms with Crippen molar-refractivity contribution in [2.45, 2.75) is 52.6 Å². The second-order valence-corrected chi connectivity index (χ2v) is 8.44. The monoisotopic (exact) mass is 351 g/mol. The van der Waals surface area contributed by atoms with Crippen molar-refractivity contribution in [2.75, 3.05) is 0 Å². The van der Waals surface area contributed by atoms with Crippen LogP contribution in [-0.4, -0.2) is 34.7 Å². The average molecular weight is 351 g/mol. The topological polar surface area (TPSA) is 78.2 Å². The molecule has 0 fully saturated rings. The maximum absolute atomic E-state index is 4.76. The molecule has 4 rings (SSSR count). The van der Waals surface area contributed by atoms with Crippen LogP contribution < -0.4 is 4.80 Å². The van der Waals surface area contributed by atoms with Crippen LogP contribution in [0.3, 0.4) is 0 Å². The van der Waals surface area contributed by atoms with Gasteiger partial charge in [0, 0.05) is 6.20 Å². The standard InChI is InChI=1S/C18H23N8/c1-17(2,3)24-14-9-16(20-10-13(14)21-23-24)26-22-12-7-8-19-11-15(12)25(26)18(4,5)6/h7-11H,1-6H3/q+1. The van der Waals surface area contributed by atoms with Gasteiger partial charge in [0.15, 0.2) is 11.7 Å². The van der Waals surface area contributed by atoms with Gasteiger partial charge in [0.25, 0.3) is 0 Å². The van der Waals surface area contributed by atoms with Crippen LogP contribution in [-0.2, 0) is 11.1 Å². The van der Waals surface area contributed by atoms with Crippen molar-refractivity contribution >= 4 is 22.1 Å². The first-order valence-electron chi connectivity index (χ1n) is 8.64. The highest BCUT2D eigenvalue weighted by molar-refractivity contribution is 5.75. The minimum absolute atomic E-state index is 0.174. The van der Waals surface area contributed by atoms with E-state index in [0.717, 1.165) is 27.9 Å². The number of hydrogen-bond acceptors (Lipinski definition) is 5. The fourth-order valence-electron chi connectivity index (χ4n) is 3.09. The number of aromatic nitrogens is 8. The van der Waals surface area contributed by atoms with Gasteiger partial charge in [0.2, 0.25) is 0 Å². The van der Waals surface area contributed by atoms with Gasteiger partial charge in [-0.2, -0.15) is 4.68 Å². The van der Waals surface area contributed by atoms with E-state index >= 15 is 0 Å². The molecular formula is C18H23N8+. The molecule has 0 bridgehead atoms. The van der Waals surface area contributed by atoms with E-state index in [-0.39, 0.29) is 11.1 Å². The summed E-state index contributed by atoms with van der Waals surface area (Å²) in [5.74, 6) is 0.719. The highest BCUT2D eigenvalue weighted by Crippen LogP contribution is 2.22. The summed E-state index contributed by atoms with van der Waals surface area (Å²) < 4.78 is 4.02. The molecule has 0 spiro atoms. The van der Waals surface area contributed by atoms with Gasteiger partial charge in [-0.1, -0.05) is 10.3 Å². The molecule has 134 valence electrons. The first-order chi connectivity index (χ1) is 12.2. The lowest BCUT2D eigenvalue weighted by Gasteiger charge is -2.20. The Morgan fingerprint density at radius 1 is 0.923 bits per heavy atom. The predicted molar refractivity (Wildman–Crippen MR) is 97.9 cm³/mol. The normalized spacial score (nSPS) is 13.0. The summed E-state index contributed by atoms with van der Waals surface area (Å²) >= 11 is 0. The van der Waals surface area contributed by atoms with Gasteiger partial charge in [0.05, 0.1) is 23.3 Å². The molecular weight excluding hydrogens is 328 g/mol. The molecule has 0 unspecified atom stereocenters. The minimum Gasteiger partial charge on any atom is -0.262 e. The van der Waals surface area contributed by atoms with E-state index in [1.165, 1.54) is 0 Å². The maximum Gasteiger partial charge on any atom is 0.370 e. The summed E-state index contributed by atoms with van der Waals surface area (Å²) in [6.07, 6.45) is 5.34. The van der Waals surface area contributed by atoms with Crippen molar-refractivity contribution in [1.82, 2.24) is 34.7 Å². The highest BCUT2D eigenvalue weighted by atomic mass is 15.6. The Balaban J connectivity index is 2.01. The van der Waals surface area contributed by atoms with Gasteiger partial charge in [-0.3, -0.25) is 4.98 Å². The van der Waals surface area contributed by atoms with Crippen molar-refractivity contribution in [3.8, 4) is 5.82 Å². The molecule has 4 aromatic heterocycles. The lowest BCUT2D eigenvalue weighted by Crippen LogP contribution is -2.50. The summed E-state index contributed by atoms with van der Waals surface area (Å²) in [6.45, 7) is 12.7. The predicted octanol–water partition coefficient (Wildman–Crippen LogP) is 2.36. The average Bonchev–Trinajstić information content (AvgIpc) is 3.14. The molecule has 0 aromatic carbocycles. The van der Waals surface area contributed by atoms with Crippen molar-refractivity contribution in [3.05, 3.63) is 30.7 Å². The Bertz CT molecular complexity index is 1110. The van der Waals surface area contributed by atoms with E-state index in [1.807, 2.05) is 27.8 Å². The maximum atomic E-state index is 4.76. The molecule has 8 heteroatoms. The second-order valence-electron chi connectivity index (χ2n) is 8.44. The lowest BCUT2D eigenvalue weighted by atomic mass is 10.1. The van der Waals surface area contributed by atoms with Crippen LogP contribution in [0, 0.1) is 0 Å². The SMILES string of the molecule is CC(C)(C)n1nnc2cnc(-[n+]3nc4ccncc4n3C(C)(C)C)cc21. The van der Waals surface area contributed by atoms with Crippen LogP contribution in [0.4, 0.5) is 0 Å². The summed E-state index contributed by atoms with van der Waals surface area (Å²) in [5, 5.41) is 13.3. The van der Waals surface area contributed by atoms with Crippen LogP contribution in [0.1, 0.15) is 41.5 Å². The fourth-order valence-corrected chi connectivity index (χ4v) is 3.09. The highest BCUT2D eigenvalue weighted by Gasteiger charge is 2.29. The molecule has 0 radical (unpaired) electrons. The van der Waals surface area contributed by atoms with Crippen molar-refractivity contribution in [1.29, 1.82) is 0 Å². The quantitative estimate of drug-likeness (QED) is 0.492. The lowest BCUT2D eigenvalue weighted by molar-refractivity contribution is -0.746. The molecule has 0 amide bonds. The number of fused-ring (bicyclic) bond motifs is 2. The molecule has 0 aliphatic heterocycles. The molecule has 0 atom stereocenters. The van der Waals surface area contributed by atoms with Crippen molar-refractivity contribution in [2.24, 2.45) is 0 Å². The van der Waals surface area contributed by atoms with Crippen LogP contribution in [0.15, 0.2) is 30.7 Å². The van der Waals surface area contributed by atoms with E-state index in [9.17, 15) is 0 Å². The Kier molecular flexibility index (Phi) is 3.37.